The molecule has 0 unspecified atom stereocenters. The predicted octanol–water partition coefficient (Wildman–Crippen LogP) is 1.64. The molecular weight excluding hydrogens is 252 g/mol. The molecule has 2 heterocycles. The van der Waals surface area contributed by atoms with Crippen molar-refractivity contribution in [1.29, 1.82) is 0 Å². The molecule has 1 saturated heterocycles. The van der Waals surface area contributed by atoms with Crippen molar-refractivity contribution in [3.8, 4) is 0 Å². The van der Waals surface area contributed by atoms with Crippen LogP contribution < -0.4 is 5.32 Å². The van der Waals surface area contributed by atoms with Gasteiger partial charge in [0.05, 0.1) is 11.9 Å². The molecule has 0 radical (unpaired) electrons. The molecule has 1 amide bonds. The molecule has 0 aliphatic carbocycles. The molecule has 110 valence electrons. The largest absolute Gasteiger partial charge is 0.335 e. The Kier molecular flexibility index (Phi) is 5.06. The Hall–Kier alpha value is -1.49. The topological polar surface area (TPSA) is 58.1 Å². The van der Waals surface area contributed by atoms with Crippen LogP contribution in [0.5, 0.6) is 0 Å². The highest BCUT2D eigenvalue weighted by Crippen LogP contribution is 2.16. The normalized spacial score (nSPS) is 16.4. The molecule has 20 heavy (non-hydrogen) atoms. The van der Waals surface area contributed by atoms with E-state index in [9.17, 15) is 4.79 Å². The fourth-order valence-electron chi connectivity index (χ4n) is 2.52. The first-order valence-corrected chi connectivity index (χ1v) is 7.38. The summed E-state index contributed by atoms with van der Waals surface area (Å²) in [5.41, 5.74) is 1.27. The fourth-order valence-corrected chi connectivity index (χ4v) is 2.52. The number of aryl methyl sites for hydroxylation is 1. The number of carbonyl (C=O) groups is 1. The molecule has 0 aromatic carbocycles. The van der Waals surface area contributed by atoms with E-state index >= 15 is 0 Å². The molecule has 0 atom stereocenters. The van der Waals surface area contributed by atoms with Crippen LogP contribution in [-0.4, -0.2) is 46.5 Å². The minimum atomic E-state index is -0.00830. The van der Waals surface area contributed by atoms with E-state index in [2.05, 4.69) is 29.1 Å². The fraction of sp³-hybridized carbons (Fsp3) is 0.667. The zero-order chi connectivity index (χ0) is 14.5. The van der Waals surface area contributed by atoms with E-state index in [1.807, 2.05) is 11.8 Å². The number of nitrogens with zero attached hydrogens (tertiary/aromatic N) is 3. The molecule has 0 spiro atoms. The second-order valence-electron chi connectivity index (χ2n) is 5.79. The summed E-state index contributed by atoms with van der Waals surface area (Å²) in [5, 5.41) is 3.36. The molecule has 5 heteroatoms. The summed E-state index contributed by atoms with van der Waals surface area (Å²) in [6.45, 7) is 8.90. The van der Waals surface area contributed by atoms with Gasteiger partial charge in [0.1, 0.15) is 5.69 Å². The lowest BCUT2D eigenvalue weighted by atomic mass is 9.97. The van der Waals surface area contributed by atoms with Gasteiger partial charge in [-0.3, -0.25) is 9.78 Å². The number of piperidine rings is 1. The molecule has 2 rings (SSSR count). The Morgan fingerprint density at radius 2 is 2.05 bits per heavy atom. The first kappa shape index (κ1) is 14.9. The smallest absolute Gasteiger partial charge is 0.274 e. The van der Waals surface area contributed by atoms with Crippen molar-refractivity contribution in [3.63, 3.8) is 0 Å². The minimum Gasteiger partial charge on any atom is -0.335 e. The zero-order valence-corrected chi connectivity index (χ0v) is 12.6. The van der Waals surface area contributed by atoms with Crippen LogP contribution >= 0.6 is 0 Å². The maximum absolute atomic E-state index is 12.6. The van der Waals surface area contributed by atoms with Gasteiger partial charge in [0.2, 0.25) is 0 Å². The Labute approximate surface area is 120 Å². The van der Waals surface area contributed by atoms with Crippen molar-refractivity contribution in [1.82, 2.24) is 20.2 Å². The zero-order valence-electron chi connectivity index (χ0n) is 12.6. The summed E-state index contributed by atoms with van der Waals surface area (Å²) < 4.78 is 0. The van der Waals surface area contributed by atoms with Gasteiger partial charge in [-0.05, 0) is 52.6 Å². The van der Waals surface area contributed by atoms with Crippen LogP contribution in [0.3, 0.4) is 0 Å². The molecule has 5 nitrogen and oxygen atoms in total. The van der Waals surface area contributed by atoms with E-state index in [0.717, 1.165) is 38.2 Å². The Balaban J connectivity index is 2.07. The number of rotatable bonds is 4. The van der Waals surface area contributed by atoms with Crippen LogP contribution in [0.1, 0.15) is 42.9 Å². The standard InChI is InChI=1S/C15H24N4O/c1-11(2)19(10-13-4-6-16-7-5-13)15(20)14-9-17-12(3)8-18-14/h8-9,11,13,16H,4-7,10H2,1-3H3. The summed E-state index contributed by atoms with van der Waals surface area (Å²) in [7, 11) is 0. The maximum atomic E-state index is 12.6. The first-order valence-electron chi connectivity index (χ1n) is 7.38. The number of aromatic nitrogens is 2. The number of hydrogen-bond donors (Lipinski definition) is 1. The SMILES string of the molecule is Cc1cnc(C(=O)N(CC2CCNCC2)C(C)C)cn1. The van der Waals surface area contributed by atoms with E-state index in [1.54, 1.807) is 12.4 Å². The lowest BCUT2D eigenvalue weighted by Gasteiger charge is -2.32. The van der Waals surface area contributed by atoms with Crippen LogP contribution in [-0.2, 0) is 0 Å². The summed E-state index contributed by atoms with van der Waals surface area (Å²) >= 11 is 0. The van der Waals surface area contributed by atoms with Crippen molar-refractivity contribution in [3.05, 3.63) is 23.8 Å². The minimum absolute atomic E-state index is 0.00830. The Bertz CT molecular complexity index is 438. The van der Waals surface area contributed by atoms with E-state index in [4.69, 9.17) is 0 Å². The van der Waals surface area contributed by atoms with Gasteiger partial charge in [-0.1, -0.05) is 0 Å². The number of hydrogen-bond acceptors (Lipinski definition) is 4. The lowest BCUT2D eigenvalue weighted by molar-refractivity contribution is 0.0651. The molecule has 1 aliphatic rings. The summed E-state index contributed by atoms with van der Waals surface area (Å²) in [5.74, 6) is 0.576. The van der Waals surface area contributed by atoms with E-state index < -0.39 is 0 Å². The van der Waals surface area contributed by atoms with E-state index in [1.165, 1.54) is 0 Å². The summed E-state index contributed by atoms with van der Waals surface area (Å²) in [6, 6.07) is 0.181. The van der Waals surface area contributed by atoms with Gasteiger partial charge < -0.3 is 10.2 Å². The average Bonchev–Trinajstić information content (AvgIpc) is 2.45. The second kappa shape index (κ2) is 6.79. The second-order valence-corrected chi connectivity index (χ2v) is 5.79. The Morgan fingerprint density at radius 3 is 2.60 bits per heavy atom. The number of carbonyl (C=O) groups excluding carboxylic acids is 1. The van der Waals surface area contributed by atoms with Gasteiger partial charge in [-0.15, -0.1) is 0 Å². The average molecular weight is 276 g/mol. The molecule has 0 saturated carbocycles. The van der Waals surface area contributed by atoms with Crippen molar-refractivity contribution >= 4 is 5.91 Å². The van der Waals surface area contributed by atoms with Crippen LogP contribution in [0.2, 0.25) is 0 Å². The van der Waals surface area contributed by atoms with Gasteiger partial charge in [-0.2, -0.15) is 0 Å². The van der Waals surface area contributed by atoms with Crippen LogP contribution in [0, 0.1) is 12.8 Å². The van der Waals surface area contributed by atoms with Crippen LogP contribution in [0.4, 0.5) is 0 Å². The first-order chi connectivity index (χ1) is 9.58. The monoisotopic (exact) mass is 276 g/mol. The van der Waals surface area contributed by atoms with Gasteiger partial charge in [0, 0.05) is 18.8 Å². The third kappa shape index (κ3) is 3.76. The predicted molar refractivity (Wildman–Crippen MR) is 78.5 cm³/mol. The molecule has 0 bridgehead atoms. The van der Waals surface area contributed by atoms with Crippen molar-refractivity contribution in [2.75, 3.05) is 19.6 Å². The van der Waals surface area contributed by atoms with Gasteiger partial charge in [-0.25, -0.2) is 4.98 Å². The van der Waals surface area contributed by atoms with E-state index in [0.29, 0.717) is 11.6 Å². The third-order valence-corrected chi connectivity index (χ3v) is 3.80. The molecule has 1 aliphatic heterocycles. The van der Waals surface area contributed by atoms with Crippen molar-refractivity contribution < 1.29 is 4.79 Å². The highest BCUT2D eigenvalue weighted by Gasteiger charge is 2.24. The molecule has 1 aromatic rings. The summed E-state index contributed by atoms with van der Waals surface area (Å²) in [4.78, 5) is 22.9. The van der Waals surface area contributed by atoms with Crippen molar-refractivity contribution in [2.24, 2.45) is 5.92 Å². The third-order valence-electron chi connectivity index (χ3n) is 3.80. The number of nitrogens with one attached hydrogen (secondary N) is 1. The van der Waals surface area contributed by atoms with Gasteiger partial charge in [0.25, 0.3) is 5.91 Å². The quantitative estimate of drug-likeness (QED) is 0.908. The highest BCUT2D eigenvalue weighted by molar-refractivity contribution is 5.92. The van der Waals surface area contributed by atoms with Crippen LogP contribution in [0.25, 0.3) is 0 Å². The maximum Gasteiger partial charge on any atom is 0.274 e. The molecule has 1 N–H and O–H groups in total. The molecule has 1 aromatic heterocycles. The van der Waals surface area contributed by atoms with Crippen molar-refractivity contribution in [2.45, 2.75) is 39.7 Å². The van der Waals surface area contributed by atoms with Crippen LogP contribution in [0.15, 0.2) is 12.4 Å². The van der Waals surface area contributed by atoms with E-state index in [-0.39, 0.29) is 11.9 Å². The molecule has 1 fully saturated rings. The van der Waals surface area contributed by atoms with Gasteiger partial charge >= 0.3 is 0 Å². The molecular formula is C15H24N4O. The number of amides is 1. The lowest BCUT2D eigenvalue weighted by Crippen LogP contribution is -2.43. The highest BCUT2D eigenvalue weighted by atomic mass is 16.2. The van der Waals surface area contributed by atoms with Gasteiger partial charge in [0.15, 0.2) is 0 Å². The Morgan fingerprint density at radius 1 is 1.35 bits per heavy atom. The summed E-state index contributed by atoms with van der Waals surface area (Å²) in [6.07, 6.45) is 5.50.